The van der Waals surface area contributed by atoms with Crippen molar-refractivity contribution in [3.8, 4) is 0 Å². The lowest BCUT2D eigenvalue weighted by molar-refractivity contribution is 0.121. The van der Waals surface area contributed by atoms with Gasteiger partial charge in [0, 0.05) is 38.9 Å². The van der Waals surface area contributed by atoms with Gasteiger partial charge in [0.05, 0.1) is 13.2 Å². The van der Waals surface area contributed by atoms with E-state index in [0.717, 1.165) is 44.9 Å². The molecule has 0 fully saturated rings. The largest absolute Gasteiger partial charge is 0.449 e. The van der Waals surface area contributed by atoms with Crippen LogP contribution in [-0.2, 0) is 9.47 Å². The highest BCUT2D eigenvalue weighted by Crippen LogP contribution is 2.08. The molecule has 0 aliphatic heterocycles. The molecule has 2 amide bonds. The third kappa shape index (κ3) is 14.2. The molecule has 0 atom stereocenters. The van der Waals surface area contributed by atoms with Crippen molar-refractivity contribution in [3.05, 3.63) is 24.8 Å². The summed E-state index contributed by atoms with van der Waals surface area (Å²) in [6, 6.07) is 0. The predicted molar refractivity (Wildman–Crippen MR) is 108 cm³/mol. The lowest BCUT2D eigenvalue weighted by Gasteiger charge is -2.12. The first-order valence-corrected chi connectivity index (χ1v) is 9.07. The second kappa shape index (κ2) is 16.8. The zero-order valence-electron chi connectivity index (χ0n) is 16.5. The number of unbranched alkanes of at least 4 members (excludes halogenated alkanes) is 6. The van der Waals surface area contributed by atoms with Crippen LogP contribution in [0.3, 0.4) is 0 Å². The number of carbonyl (C=O) groups is 2. The van der Waals surface area contributed by atoms with Crippen LogP contribution in [0, 0.1) is 0 Å². The highest BCUT2D eigenvalue weighted by atomic mass is 16.6. The molecule has 0 aromatic rings. The maximum Gasteiger partial charge on any atom is 0.413 e. The van der Waals surface area contributed by atoms with Gasteiger partial charge in [-0.25, -0.2) is 9.59 Å². The Hall–Kier alpha value is -2.64. The lowest BCUT2D eigenvalue weighted by Crippen LogP contribution is -2.22. The molecule has 0 aromatic carbocycles. The second-order valence-corrected chi connectivity index (χ2v) is 5.89. The topological polar surface area (TPSA) is 83.8 Å². The fourth-order valence-electron chi connectivity index (χ4n) is 2.03. The molecule has 152 valence electrons. The van der Waals surface area contributed by atoms with Crippen LogP contribution in [0.4, 0.5) is 9.59 Å². The van der Waals surface area contributed by atoms with Crippen molar-refractivity contribution in [1.82, 2.24) is 9.80 Å². The van der Waals surface area contributed by atoms with Gasteiger partial charge in [-0.1, -0.05) is 32.1 Å². The molecule has 8 nitrogen and oxygen atoms in total. The minimum absolute atomic E-state index is 0.397. The molecule has 0 saturated heterocycles. The van der Waals surface area contributed by atoms with E-state index in [0.29, 0.717) is 13.2 Å². The highest BCUT2D eigenvalue weighted by molar-refractivity contribution is 5.68. The van der Waals surface area contributed by atoms with Gasteiger partial charge in [-0.3, -0.25) is 19.8 Å². The van der Waals surface area contributed by atoms with Crippen LogP contribution in [-0.4, -0.2) is 62.7 Å². The molecular formula is C19H32N4O4. The maximum absolute atomic E-state index is 11.6. The van der Waals surface area contributed by atoms with Crippen molar-refractivity contribution in [2.24, 2.45) is 9.98 Å². The predicted octanol–water partition coefficient (Wildman–Crippen LogP) is 4.20. The minimum Gasteiger partial charge on any atom is -0.449 e. The Morgan fingerprint density at radius 2 is 1.07 bits per heavy atom. The molecule has 0 spiro atoms. The highest BCUT2D eigenvalue weighted by Gasteiger charge is 2.06. The summed E-state index contributed by atoms with van der Waals surface area (Å²) in [5.74, 6) is 0. The zero-order valence-corrected chi connectivity index (χ0v) is 16.5. The molecule has 27 heavy (non-hydrogen) atoms. The third-order valence-electron chi connectivity index (χ3n) is 3.61. The van der Waals surface area contributed by atoms with E-state index in [1.54, 1.807) is 14.1 Å². The average molecular weight is 380 g/mol. The number of carbonyl (C=O) groups excluding carboxylic acids is 2. The summed E-state index contributed by atoms with van der Waals surface area (Å²) in [7, 11) is 3.21. The Kier molecular flexibility index (Phi) is 15.2. The van der Waals surface area contributed by atoms with Crippen LogP contribution in [0.5, 0.6) is 0 Å². The van der Waals surface area contributed by atoms with Crippen LogP contribution in [0.1, 0.15) is 44.9 Å². The first-order valence-electron chi connectivity index (χ1n) is 9.07. The van der Waals surface area contributed by atoms with E-state index in [2.05, 4.69) is 23.4 Å². The monoisotopic (exact) mass is 380 g/mol. The van der Waals surface area contributed by atoms with Gasteiger partial charge >= 0.3 is 12.2 Å². The minimum atomic E-state index is -0.397. The van der Waals surface area contributed by atoms with Crippen molar-refractivity contribution in [2.75, 3.05) is 27.3 Å². The lowest BCUT2D eigenvalue weighted by atomic mass is 10.1. The first kappa shape index (κ1) is 24.4. The van der Waals surface area contributed by atoms with Gasteiger partial charge in [-0.05, 0) is 26.3 Å². The Morgan fingerprint density at radius 1 is 0.741 bits per heavy atom. The average Bonchev–Trinajstić information content (AvgIpc) is 2.67. The molecule has 0 aromatic heterocycles. The summed E-state index contributed by atoms with van der Waals surface area (Å²) in [5, 5.41) is 0. The molecule has 0 rings (SSSR count). The van der Waals surface area contributed by atoms with Crippen LogP contribution < -0.4 is 0 Å². The fraction of sp³-hybridized carbons (Fsp3) is 0.579. The van der Waals surface area contributed by atoms with Gasteiger partial charge in [-0.15, -0.1) is 0 Å². The number of rotatable bonds is 14. The van der Waals surface area contributed by atoms with E-state index in [4.69, 9.17) is 9.47 Å². The molecular weight excluding hydrogens is 348 g/mol. The van der Waals surface area contributed by atoms with Gasteiger partial charge in [0.15, 0.2) is 0 Å². The van der Waals surface area contributed by atoms with Crippen molar-refractivity contribution in [3.63, 3.8) is 0 Å². The Morgan fingerprint density at radius 3 is 1.41 bits per heavy atom. The smallest absolute Gasteiger partial charge is 0.413 e. The van der Waals surface area contributed by atoms with Crippen LogP contribution >= 0.6 is 0 Å². The standard InChI is InChI=1S/C19H32N4O4/c1-20-12-14-22(3)18(24)26-16-10-8-6-5-7-9-11-17-27-19(25)23(4)15-13-21-2/h12-15H,1-2,5-11,16-17H2,3-4H3/b14-12-,15-13-. The number of hydrogen-bond acceptors (Lipinski definition) is 6. The molecule has 0 unspecified atom stereocenters. The summed E-state index contributed by atoms with van der Waals surface area (Å²) < 4.78 is 10.3. The van der Waals surface area contributed by atoms with E-state index in [9.17, 15) is 9.59 Å². The maximum atomic E-state index is 11.6. The van der Waals surface area contributed by atoms with Gasteiger partial charge in [-0.2, -0.15) is 0 Å². The number of ether oxygens (including phenoxy) is 2. The van der Waals surface area contributed by atoms with Gasteiger partial charge < -0.3 is 9.47 Å². The molecule has 8 heteroatoms. The second-order valence-electron chi connectivity index (χ2n) is 5.89. The zero-order chi connectivity index (χ0) is 20.3. The Labute approximate surface area is 162 Å². The van der Waals surface area contributed by atoms with Crippen LogP contribution in [0.25, 0.3) is 0 Å². The fourth-order valence-corrected chi connectivity index (χ4v) is 2.03. The van der Waals surface area contributed by atoms with E-state index >= 15 is 0 Å². The summed E-state index contributed by atoms with van der Waals surface area (Å²) in [6.45, 7) is 7.42. The third-order valence-corrected chi connectivity index (χ3v) is 3.61. The summed E-state index contributed by atoms with van der Waals surface area (Å²) in [5.41, 5.74) is 0. The molecule has 0 heterocycles. The SMILES string of the molecule is C=N/C=C\N(C)C(=O)OCCCCCCCCCOC(=O)N(C)/C=C\N=C. The number of amides is 2. The Balaban J connectivity index is 3.48. The number of nitrogens with zero attached hydrogens (tertiary/aromatic N) is 4. The molecule has 0 bridgehead atoms. The molecule has 0 aliphatic rings. The van der Waals surface area contributed by atoms with Crippen molar-refractivity contribution in [2.45, 2.75) is 44.9 Å². The quantitative estimate of drug-likeness (QED) is 0.334. The molecule has 0 N–H and O–H groups in total. The Bertz CT molecular complexity index is 462. The van der Waals surface area contributed by atoms with Crippen LogP contribution in [0.2, 0.25) is 0 Å². The molecule has 0 aliphatic carbocycles. The van der Waals surface area contributed by atoms with Gasteiger partial charge in [0.2, 0.25) is 0 Å². The number of hydrogen-bond donors (Lipinski definition) is 0. The first-order chi connectivity index (χ1) is 13.0. The van der Waals surface area contributed by atoms with Crippen molar-refractivity contribution in [1.29, 1.82) is 0 Å². The van der Waals surface area contributed by atoms with Crippen molar-refractivity contribution >= 4 is 25.6 Å². The summed E-state index contributed by atoms with van der Waals surface area (Å²) >= 11 is 0. The summed E-state index contributed by atoms with van der Waals surface area (Å²) in [4.78, 5) is 32.8. The van der Waals surface area contributed by atoms with E-state index in [1.165, 1.54) is 34.6 Å². The van der Waals surface area contributed by atoms with E-state index in [1.807, 2.05) is 0 Å². The molecule has 0 radical (unpaired) electrons. The van der Waals surface area contributed by atoms with Gasteiger partial charge in [0.25, 0.3) is 0 Å². The summed E-state index contributed by atoms with van der Waals surface area (Å²) in [6.07, 6.45) is 12.1. The van der Waals surface area contributed by atoms with Crippen molar-refractivity contribution < 1.29 is 19.1 Å². The van der Waals surface area contributed by atoms with Crippen LogP contribution in [0.15, 0.2) is 34.8 Å². The van der Waals surface area contributed by atoms with E-state index < -0.39 is 12.2 Å². The van der Waals surface area contributed by atoms with E-state index in [-0.39, 0.29) is 0 Å². The molecule has 0 saturated carbocycles. The normalized spacial score (nSPS) is 10.7. The van der Waals surface area contributed by atoms with Gasteiger partial charge in [0.1, 0.15) is 0 Å². The number of aliphatic imine (C=N–C) groups is 2.